The monoisotopic (exact) mass is 230 g/mol. The number of hydrogen-bond acceptors (Lipinski definition) is 2. The Kier molecular flexibility index (Phi) is 4.61. The van der Waals surface area contributed by atoms with Crippen molar-refractivity contribution in [1.82, 2.24) is 0 Å². The lowest BCUT2D eigenvalue weighted by Gasteiger charge is -2.23. The van der Waals surface area contributed by atoms with Gasteiger partial charge in [0.2, 0.25) is 0 Å². The number of rotatable bonds is 4. The quantitative estimate of drug-likeness (QED) is 0.740. The zero-order chi connectivity index (χ0) is 11.9. The Morgan fingerprint density at radius 3 is 2.82 bits per heavy atom. The van der Waals surface area contributed by atoms with Gasteiger partial charge in [0.1, 0.15) is 0 Å². The highest BCUT2D eigenvalue weighted by Gasteiger charge is 2.14. The van der Waals surface area contributed by atoms with E-state index in [1.165, 1.54) is 17.5 Å². The molecule has 1 aliphatic rings. The second-order valence-corrected chi connectivity index (χ2v) is 4.26. The lowest BCUT2D eigenvalue weighted by molar-refractivity contribution is -0.169. The molecule has 0 bridgehead atoms. The van der Waals surface area contributed by atoms with Gasteiger partial charge in [0.15, 0.2) is 6.29 Å². The third kappa shape index (κ3) is 3.59. The molecule has 1 atom stereocenters. The van der Waals surface area contributed by atoms with E-state index in [1.54, 1.807) is 0 Å². The SMILES string of the molecule is C#CCc1ccccc1COC1CCCCO1. The minimum atomic E-state index is -0.0392. The van der Waals surface area contributed by atoms with E-state index in [-0.39, 0.29) is 6.29 Å². The average molecular weight is 230 g/mol. The van der Waals surface area contributed by atoms with Crippen LogP contribution in [-0.4, -0.2) is 12.9 Å². The van der Waals surface area contributed by atoms with Crippen LogP contribution in [0.25, 0.3) is 0 Å². The highest BCUT2D eigenvalue weighted by atomic mass is 16.7. The van der Waals surface area contributed by atoms with Crippen LogP contribution in [0.15, 0.2) is 24.3 Å². The van der Waals surface area contributed by atoms with Crippen LogP contribution in [0.1, 0.15) is 30.4 Å². The minimum Gasteiger partial charge on any atom is -0.353 e. The smallest absolute Gasteiger partial charge is 0.158 e. The van der Waals surface area contributed by atoms with Crippen molar-refractivity contribution in [3.05, 3.63) is 35.4 Å². The molecule has 1 aromatic carbocycles. The Hall–Kier alpha value is -1.30. The van der Waals surface area contributed by atoms with Gasteiger partial charge in [0.25, 0.3) is 0 Å². The fourth-order valence-electron chi connectivity index (χ4n) is 2.01. The maximum absolute atomic E-state index is 5.77. The molecule has 0 amide bonds. The van der Waals surface area contributed by atoms with Crippen LogP contribution in [-0.2, 0) is 22.5 Å². The van der Waals surface area contributed by atoms with Gasteiger partial charge < -0.3 is 9.47 Å². The van der Waals surface area contributed by atoms with Crippen LogP contribution in [0.3, 0.4) is 0 Å². The van der Waals surface area contributed by atoms with Crippen molar-refractivity contribution in [3.8, 4) is 12.3 Å². The molecule has 0 spiro atoms. The van der Waals surface area contributed by atoms with Crippen LogP contribution >= 0.6 is 0 Å². The van der Waals surface area contributed by atoms with E-state index in [1.807, 2.05) is 12.1 Å². The minimum absolute atomic E-state index is 0.0392. The van der Waals surface area contributed by atoms with E-state index in [0.29, 0.717) is 13.0 Å². The molecule has 0 aliphatic carbocycles. The molecule has 1 aromatic rings. The van der Waals surface area contributed by atoms with Gasteiger partial charge in [-0.05, 0) is 30.4 Å². The fourth-order valence-corrected chi connectivity index (χ4v) is 2.01. The second-order valence-electron chi connectivity index (χ2n) is 4.26. The van der Waals surface area contributed by atoms with E-state index in [0.717, 1.165) is 19.4 Å². The van der Waals surface area contributed by atoms with Crippen molar-refractivity contribution in [2.75, 3.05) is 6.61 Å². The average Bonchev–Trinajstić information content (AvgIpc) is 2.39. The van der Waals surface area contributed by atoms with Crippen LogP contribution in [0.4, 0.5) is 0 Å². The molecule has 2 heteroatoms. The highest BCUT2D eigenvalue weighted by Crippen LogP contribution is 2.17. The number of hydrogen-bond donors (Lipinski definition) is 0. The molecule has 17 heavy (non-hydrogen) atoms. The normalized spacial score (nSPS) is 19.8. The van der Waals surface area contributed by atoms with Crippen molar-refractivity contribution in [2.45, 2.75) is 38.6 Å². The largest absolute Gasteiger partial charge is 0.353 e. The van der Waals surface area contributed by atoms with Crippen LogP contribution in [0.2, 0.25) is 0 Å². The van der Waals surface area contributed by atoms with Crippen molar-refractivity contribution < 1.29 is 9.47 Å². The summed E-state index contributed by atoms with van der Waals surface area (Å²) in [5.74, 6) is 2.68. The summed E-state index contributed by atoms with van der Waals surface area (Å²) in [5, 5.41) is 0. The third-order valence-electron chi connectivity index (χ3n) is 2.97. The fraction of sp³-hybridized carbons (Fsp3) is 0.467. The predicted octanol–water partition coefficient (Wildman–Crippen LogP) is 2.91. The van der Waals surface area contributed by atoms with Crippen molar-refractivity contribution in [2.24, 2.45) is 0 Å². The third-order valence-corrected chi connectivity index (χ3v) is 2.97. The summed E-state index contributed by atoms with van der Waals surface area (Å²) in [6.45, 7) is 1.40. The first-order valence-electron chi connectivity index (χ1n) is 6.13. The Morgan fingerprint density at radius 1 is 1.29 bits per heavy atom. The van der Waals surface area contributed by atoms with Gasteiger partial charge in [-0.15, -0.1) is 12.3 Å². The molecule has 90 valence electrons. The Morgan fingerprint density at radius 2 is 2.12 bits per heavy atom. The van der Waals surface area contributed by atoms with Gasteiger partial charge in [0.05, 0.1) is 6.61 Å². The Labute approximate surface area is 103 Å². The van der Waals surface area contributed by atoms with Gasteiger partial charge in [-0.25, -0.2) is 0 Å². The van der Waals surface area contributed by atoms with Crippen LogP contribution in [0, 0.1) is 12.3 Å². The summed E-state index contributed by atoms with van der Waals surface area (Å²) in [4.78, 5) is 0. The van der Waals surface area contributed by atoms with Crippen LogP contribution in [0.5, 0.6) is 0 Å². The van der Waals surface area contributed by atoms with Gasteiger partial charge in [-0.2, -0.15) is 0 Å². The van der Waals surface area contributed by atoms with E-state index in [2.05, 4.69) is 18.1 Å². The summed E-state index contributed by atoms with van der Waals surface area (Å²) in [6, 6.07) is 8.14. The lowest BCUT2D eigenvalue weighted by Crippen LogP contribution is -2.22. The molecule has 1 saturated heterocycles. The molecule has 2 rings (SSSR count). The zero-order valence-corrected chi connectivity index (χ0v) is 10.0. The number of ether oxygens (including phenoxy) is 2. The van der Waals surface area contributed by atoms with Gasteiger partial charge >= 0.3 is 0 Å². The zero-order valence-electron chi connectivity index (χ0n) is 10.0. The molecule has 0 aromatic heterocycles. The number of benzene rings is 1. The topological polar surface area (TPSA) is 18.5 Å². The molecule has 1 heterocycles. The van der Waals surface area contributed by atoms with Crippen molar-refractivity contribution >= 4 is 0 Å². The maximum Gasteiger partial charge on any atom is 0.158 e. The summed E-state index contributed by atoms with van der Waals surface area (Å²) in [7, 11) is 0. The summed E-state index contributed by atoms with van der Waals surface area (Å²) < 4.78 is 11.3. The molecule has 0 N–H and O–H groups in total. The second kappa shape index (κ2) is 6.44. The van der Waals surface area contributed by atoms with Crippen molar-refractivity contribution in [1.29, 1.82) is 0 Å². The van der Waals surface area contributed by atoms with Crippen LogP contribution < -0.4 is 0 Å². The predicted molar refractivity (Wildman–Crippen MR) is 67.4 cm³/mol. The Bertz CT molecular complexity index is 386. The van der Waals surface area contributed by atoms with Crippen molar-refractivity contribution in [3.63, 3.8) is 0 Å². The molecule has 1 fully saturated rings. The maximum atomic E-state index is 5.77. The molecular weight excluding hydrogens is 212 g/mol. The summed E-state index contributed by atoms with van der Waals surface area (Å²) in [5.41, 5.74) is 2.34. The Balaban J connectivity index is 1.91. The first kappa shape index (κ1) is 12.2. The van der Waals surface area contributed by atoms with E-state index in [4.69, 9.17) is 15.9 Å². The van der Waals surface area contributed by atoms with E-state index < -0.39 is 0 Å². The molecule has 2 nitrogen and oxygen atoms in total. The first-order chi connectivity index (χ1) is 8.40. The standard InChI is InChI=1S/C15H18O2/c1-2-7-13-8-3-4-9-14(13)12-17-15-10-5-6-11-16-15/h1,3-4,8-9,15H,5-7,10-12H2. The van der Waals surface area contributed by atoms with E-state index in [9.17, 15) is 0 Å². The molecule has 1 aliphatic heterocycles. The van der Waals surface area contributed by atoms with E-state index >= 15 is 0 Å². The molecule has 1 unspecified atom stereocenters. The molecule has 0 saturated carbocycles. The number of terminal acetylenes is 1. The van der Waals surface area contributed by atoms with Gasteiger partial charge in [0, 0.05) is 13.0 Å². The summed E-state index contributed by atoms with van der Waals surface area (Å²) in [6.07, 6.45) is 9.31. The molecule has 0 radical (unpaired) electrons. The highest BCUT2D eigenvalue weighted by molar-refractivity contribution is 5.29. The van der Waals surface area contributed by atoms with Gasteiger partial charge in [-0.3, -0.25) is 0 Å². The lowest BCUT2D eigenvalue weighted by atomic mass is 10.1. The first-order valence-corrected chi connectivity index (χ1v) is 6.13. The summed E-state index contributed by atoms with van der Waals surface area (Å²) >= 11 is 0. The van der Waals surface area contributed by atoms with Gasteiger partial charge in [-0.1, -0.05) is 24.3 Å². The molecular formula is C15H18O2.